The monoisotopic (exact) mass is 763 g/mol. The summed E-state index contributed by atoms with van der Waals surface area (Å²) in [6.07, 6.45) is 13.3. The van der Waals surface area contributed by atoms with Gasteiger partial charge < -0.3 is 4.90 Å². The van der Waals surface area contributed by atoms with Crippen LogP contribution in [0.4, 0.5) is 17.1 Å². The number of fused-ring (bicyclic) bond motifs is 13. The Morgan fingerprint density at radius 1 is 0.390 bits per heavy atom. The van der Waals surface area contributed by atoms with Crippen molar-refractivity contribution in [2.75, 3.05) is 4.90 Å². The van der Waals surface area contributed by atoms with Gasteiger partial charge in [0.15, 0.2) is 0 Å². The van der Waals surface area contributed by atoms with Gasteiger partial charge in [0.25, 0.3) is 0 Å². The fourth-order valence-corrected chi connectivity index (χ4v) is 12.7. The molecule has 0 atom stereocenters. The molecule has 1 spiro atoms. The van der Waals surface area contributed by atoms with Crippen LogP contribution >= 0.6 is 0 Å². The SMILES string of the molecule is CC1(C)c2cc(C3CCCCC3)ccc2-c2ccc(N(c3ccc4c(c3)C3(c5ccccc5-c5ccccc53)c3ccccc3-4)c3ccccc3C3CCCCC3)cc21. The number of hydrogen-bond donors (Lipinski definition) is 0. The van der Waals surface area contributed by atoms with Gasteiger partial charge in [-0.25, -0.2) is 0 Å². The Hall–Kier alpha value is -5.66. The maximum Gasteiger partial charge on any atom is 0.0726 e. The van der Waals surface area contributed by atoms with E-state index in [9.17, 15) is 0 Å². The molecule has 290 valence electrons. The number of benzene rings is 7. The van der Waals surface area contributed by atoms with Gasteiger partial charge in [0.2, 0.25) is 0 Å². The molecule has 2 saturated carbocycles. The quantitative estimate of drug-likeness (QED) is 0.169. The fourth-order valence-electron chi connectivity index (χ4n) is 12.7. The molecule has 0 radical (unpaired) electrons. The molecule has 0 N–H and O–H groups in total. The first kappa shape index (κ1) is 35.3. The summed E-state index contributed by atoms with van der Waals surface area (Å²) < 4.78 is 0. The first-order chi connectivity index (χ1) is 29.0. The molecular weight excluding hydrogens is 711 g/mol. The summed E-state index contributed by atoms with van der Waals surface area (Å²) in [5.74, 6) is 1.26. The molecule has 0 amide bonds. The van der Waals surface area contributed by atoms with E-state index in [2.05, 4.69) is 170 Å². The summed E-state index contributed by atoms with van der Waals surface area (Å²) in [6.45, 7) is 4.94. The number of anilines is 3. The van der Waals surface area contributed by atoms with Crippen LogP contribution in [0.15, 0.2) is 152 Å². The Morgan fingerprint density at radius 2 is 0.831 bits per heavy atom. The maximum absolute atomic E-state index is 2.64. The molecule has 1 nitrogen and oxygen atoms in total. The van der Waals surface area contributed by atoms with Crippen molar-refractivity contribution >= 4 is 17.1 Å². The average molecular weight is 764 g/mol. The smallest absolute Gasteiger partial charge is 0.0726 e. The average Bonchev–Trinajstić information content (AvgIpc) is 3.85. The van der Waals surface area contributed by atoms with Gasteiger partial charge in [0.05, 0.1) is 5.41 Å². The first-order valence-corrected chi connectivity index (χ1v) is 22.7. The van der Waals surface area contributed by atoms with Gasteiger partial charge in [0, 0.05) is 22.5 Å². The second-order valence-corrected chi connectivity index (χ2v) is 18.8. The van der Waals surface area contributed by atoms with Gasteiger partial charge in [-0.15, -0.1) is 0 Å². The van der Waals surface area contributed by atoms with Crippen molar-refractivity contribution in [2.45, 2.75) is 101 Å². The summed E-state index contributed by atoms with van der Waals surface area (Å²) in [4.78, 5) is 2.64. The Bertz CT molecular complexity index is 2720. The predicted octanol–water partition coefficient (Wildman–Crippen LogP) is 15.9. The van der Waals surface area contributed by atoms with Crippen molar-refractivity contribution in [3.05, 3.63) is 196 Å². The van der Waals surface area contributed by atoms with Crippen molar-refractivity contribution in [1.29, 1.82) is 0 Å². The van der Waals surface area contributed by atoms with Crippen LogP contribution in [0.5, 0.6) is 0 Å². The normalized spacial score (nSPS) is 18.1. The van der Waals surface area contributed by atoms with E-state index in [0.717, 1.165) is 0 Å². The molecule has 1 heteroatoms. The van der Waals surface area contributed by atoms with E-state index >= 15 is 0 Å². The van der Waals surface area contributed by atoms with Gasteiger partial charge in [-0.3, -0.25) is 0 Å². The summed E-state index contributed by atoms with van der Waals surface area (Å²) >= 11 is 0. The number of nitrogens with zero attached hydrogens (tertiary/aromatic N) is 1. The van der Waals surface area contributed by atoms with E-state index in [4.69, 9.17) is 0 Å². The van der Waals surface area contributed by atoms with Crippen LogP contribution in [0.2, 0.25) is 0 Å². The molecule has 0 heterocycles. The minimum absolute atomic E-state index is 0.0964. The van der Waals surface area contributed by atoms with Crippen LogP contribution in [-0.4, -0.2) is 0 Å². The largest absolute Gasteiger partial charge is 0.310 e. The minimum Gasteiger partial charge on any atom is -0.310 e. The fraction of sp³-hybridized carbons (Fsp3) is 0.276. The molecule has 0 saturated heterocycles. The molecule has 2 fully saturated rings. The van der Waals surface area contributed by atoms with E-state index in [1.54, 1.807) is 5.56 Å². The van der Waals surface area contributed by atoms with Crippen molar-refractivity contribution < 1.29 is 0 Å². The third-order valence-corrected chi connectivity index (χ3v) is 15.5. The Kier molecular flexibility index (Phi) is 8.04. The number of para-hydroxylation sites is 1. The topological polar surface area (TPSA) is 3.24 Å². The molecule has 0 aromatic heterocycles. The van der Waals surface area contributed by atoms with E-state index in [0.29, 0.717) is 11.8 Å². The van der Waals surface area contributed by atoms with Crippen molar-refractivity contribution in [2.24, 2.45) is 0 Å². The Balaban J connectivity index is 1.07. The second kappa shape index (κ2) is 13.4. The number of rotatable bonds is 5. The summed E-state index contributed by atoms with van der Waals surface area (Å²) in [5.41, 5.74) is 23.1. The Morgan fingerprint density at radius 3 is 1.42 bits per heavy atom. The van der Waals surface area contributed by atoms with Gasteiger partial charge in [-0.05, 0) is 146 Å². The van der Waals surface area contributed by atoms with Gasteiger partial charge in [0.1, 0.15) is 0 Å². The summed E-state index contributed by atoms with van der Waals surface area (Å²) in [5, 5.41) is 0. The molecule has 0 bridgehead atoms. The van der Waals surface area contributed by atoms with Gasteiger partial charge in [-0.2, -0.15) is 0 Å². The third-order valence-electron chi connectivity index (χ3n) is 15.5. The van der Waals surface area contributed by atoms with Gasteiger partial charge in [-0.1, -0.05) is 174 Å². The molecule has 7 aromatic carbocycles. The standard InChI is InChI=1S/C58H53N/c1-57(2)53-35-40(38-17-5-3-6-18-38)29-32-47(53)48-33-30-41(36-54(48)57)59(56-28-16-12-21-43(56)39-19-7-4-8-20-39)42-31-34-49-46-24-11-15-27-52(46)58(55(49)37-42)50-25-13-9-22-44(50)45-23-10-14-26-51(45)58/h9-16,21-39H,3-8,17-20H2,1-2H3. The van der Waals surface area contributed by atoms with E-state index < -0.39 is 0 Å². The minimum atomic E-state index is -0.388. The molecule has 7 aromatic rings. The molecule has 5 aliphatic carbocycles. The van der Waals surface area contributed by atoms with Crippen LogP contribution in [0.3, 0.4) is 0 Å². The highest BCUT2D eigenvalue weighted by Crippen LogP contribution is 2.63. The lowest BCUT2D eigenvalue weighted by atomic mass is 9.70. The zero-order chi connectivity index (χ0) is 39.3. The lowest BCUT2D eigenvalue weighted by molar-refractivity contribution is 0.443. The predicted molar refractivity (Wildman–Crippen MR) is 247 cm³/mol. The third kappa shape index (κ3) is 5.10. The van der Waals surface area contributed by atoms with Crippen LogP contribution < -0.4 is 4.90 Å². The molecule has 59 heavy (non-hydrogen) atoms. The van der Waals surface area contributed by atoms with E-state index in [1.165, 1.54) is 154 Å². The Labute approximate surface area is 350 Å². The molecular formula is C58H53N. The lowest BCUT2D eigenvalue weighted by Gasteiger charge is -2.34. The molecule has 0 aliphatic heterocycles. The van der Waals surface area contributed by atoms with E-state index in [-0.39, 0.29) is 10.8 Å². The second-order valence-electron chi connectivity index (χ2n) is 18.8. The van der Waals surface area contributed by atoms with Crippen molar-refractivity contribution in [3.63, 3.8) is 0 Å². The highest BCUT2D eigenvalue weighted by molar-refractivity contribution is 5.96. The first-order valence-electron chi connectivity index (χ1n) is 22.7. The number of hydrogen-bond acceptors (Lipinski definition) is 1. The van der Waals surface area contributed by atoms with Crippen LogP contribution in [0, 0.1) is 0 Å². The highest BCUT2D eigenvalue weighted by atomic mass is 15.1. The van der Waals surface area contributed by atoms with Crippen LogP contribution in [0.25, 0.3) is 33.4 Å². The lowest BCUT2D eigenvalue weighted by Crippen LogP contribution is -2.26. The summed E-state index contributed by atoms with van der Waals surface area (Å²) in [7, 11) is 0. The van der Waals surface area contributed by atoms with Crippen molar-refractivity contribution in [1.82, 2.24) is 0 Å². The zero-order valence-corrected chi connectivity index (χ0v) is 34.6. The zero-order valence-electron chi connectivity index (χ0n) is 34.6. The van der Waals surface area contributed by atoms with Crippen LogP contribution in [0.1, 0.15) is 134 Å². The molecule has 0 unspecified atom stereocenters. The molecule has 5 aliphatic rings. The van der Waals surface area contributed by atoms with Crippen LogP contribution in [-0.2, 0) is 10.8 Å². The maximum atomic E-state index is 2.64. The van der Waals surface area contributed by atoms with Crippen molar-refractivity contribution in [3.8, 4) is 33.4 Å². The summed E-state index contributed by atoms with van der Waals surface area (Å²) in [6, 6.07) is 59.3. The van der Waals surface area contributed by atoms with Gasteiger partial charge >= 0.3 is 0 Å². The molecule has 12 rings (SSSR count). The highest BCUT2D eigenvalue weighted by Gasteiger charge is 2.51. The van der Waals surface area contributed by atoms with E-state index in [1.807, 2.05) is 0 Å².